The van der Waals surface area contributed by atoms with Gasteiger partial charge in [-0.2, -0.15) is 5.10 Å². The predicted octanol–water partition coefficient (Wildman–Crippen LogP) is 2.70. The normalized spacial score (nSPS) is 13.7. The van der Waals surface area contributed by atoms with E-state index >= 15 is 4.39 Å². The van der Waals surface area contributed by atoms with Crippen LogP contribution in [0.25, 0.3) is 0 Å². The number of rotatable bonds is 9. The van der Waals surface area contributed by atoms with Crippen molar-refractivity contribution in [2.75, 3.05) is 43.6 Å². The highest BCUT2D eigenvalue weighted by Gasteiger charge is 2.25. The number of aryl methyl sites for hydroxylation is 1. The highest BCUT2D eigenvalue weighted by atomic mass is 32.2. The Morgan fingerprint density at radius 1 is 1.12 bits per heavy atom. The van der Waals surface area contributed by atoms with E-state index in [1.54, 1.807) is 11.2 Å². The molecule has 2 aromatic heterocycles. The molecule has 0 bridgehead atoms. The van der Waals surface area contributed by atoms with E-state index in [9.17, 15) is 13.3 Å². The van der Waals surface area contributed by atoms with Crippen LogP contribution >= 0.6 is 11.8 Å². The van der Waals surface area contributed by atoms with Gasteiger partial charge in [0, 0.05) is 47.1 Å². The number of nitroso groups, excluding NO2 is 1. The largest absolute Gasteiger partial charge is 0.490 e. The van der Waals surface area contributed by atoms with E-state index in [1.807, 2.05) is 11.8 Å². The second-order valence-corrected chi connectivity index (χ2v) is 11.7. The van der Waals surface area contributed by atoms with Gasteiger partial charge in [0.2, 0.25) is 15.6 Å². The summed E-state index contributed by atoms with van der Waals surface area (Å²) in [5.41, 5.74) is 0.919. The molecule has 0 radical (unpaired) electrons. The first kappa shape index (κ1) is 27.5. The van der Waals surface area contributed by atoms with Gasteiger partial charge in [-0.25, -0.2) is 22.8 Å². The molecule has 1 saturated heterocycles. The zero-order chi connectivity index (χ0) is 28.3. The van der Waals surface area contributed by atoms with E-state index in [0.717, 1.165) is 23.5 Å². The van der Waals surface area contributed by atoms with Crippen LogP contribution in [0.1, 0.15) is 5.69 Å². The van der Waals surface area contributed by atoms with Gasteiger partial charge in [-0.05, 0) is 43.0 Å². The van der Waals surface area contributed by atoms with E-state index in [1.165, 1.54) is 43.5 Å². The van der Waals surface area contributed by atoms with Crippen LogP contribution in [-0.4, -0.2) is 62.0 Å². The molecule has 1 fully saturated rings. The Morgan fingerprint density at radius 3 is 2.58 bits per heavy atom. The van der Waals surface area contributed by atoms with Crippen LogP contribution in [-0.2, 0) is 14.6 Å². The van der Waals surface area contributed by atoms with Crippen molar-refractivity contribution in [1.29, 1.82) is 0 Å². The third-order valence-electron chi connectivity index (χ3n) is 5.97. The van der Waals surface area contributed by atoms with Gasteiger partial charge >= 0.3 is 0 Å². The number of benzene rings is 2. The fraction of sp³-hybridized carbons (Fsp3) is 0.240. The van der Waals surface area contributed by atoms with E-state index in [-0.39, 0.29) is 25.5 Å². The van der Waals surface area contributed by atoms with Crippen molar-refractivity contribution in [3.05, 3.63) is 64.9 Å². The summed E-state index contributed by atoms with van der Waals surface area (Å²) >= 11 is 0.938. The van der Waals surface area contributed by atoms with Crippen LogP contribution in [0, 0.1) is 17.6 Å². The highest BCUT2D eigenvalue weighted by molar-refractivity contribution is 7.99. The smallest absolute Gasteiger partial charge is 0.254 e. The summed E-state index contributed by atoms with van der Waals surface area (Å²) in [6.07, 6.45) is 0. The molecule has 0 atom stereocenters. The summed E-state index contributed by atoms with van der Waals surface area (Å²) in [5.74, 6) is 0.969. The number of sulfone groups is 1. The zero-order valence-electron chi connectivity index (χ0n) is 21.5. The van der Waals surface area contributed by atoms with E-state index < -0.39 is 15.7 Å². The molecule has 12 nitrogen and oxygen atoms in total. The Hall–Kier alpha value is -4.08. The average Bonchev–Trinajstić information content (AvgIpc) is 3.38. The van der Waals surface area contributed by atoms with Gasteiger partial charge in [0.1, 0.15) is 5.82 Å². The lowest BCUT2D eigenvalue weighted by Gasteiger charge is -2.29. The number of ether oxygens (including phenoxy) is 2. The van der Waals surface area contributed by atoms with Crippen LogP contribution in [0.5, 0.6) is 5.75 Å². The molecule has 40 heavy (non-hydrogen) atoms. The van der Waals surface area contributed by atoms with Gasteiger partial charge in [-0.3, -0.25) is 5.10 Å². The maximum atomic E-state index is 15.3. The monoisotopic (exact) mass is 586 g/mol. The second-order valence-electron chi connectivity index (χ2n) is 8.70. The van der Waals surface area contributed by atoms with Gasteiger partial charge in [-0.15, -0.1) is 0 Å². The Balaban J connectivity index is 1.50. The van der Waals surface area contributed by atoms with Gasteiger partial charge in [0.15, 0.2) is 22.6 Å². The number of hydrogen-bond acceptors (Lipinski definition) is 11. The number of morpholine rings is 1. The van der Waals surface area contributed by atoms with E-state index in [4.69, 9.17) is 9.47 Å². The molecule has 1 aliphatic heterocycles. The molecule has 4 aromatic rings. The third kappa shape index (κ3) is 5.76. The molecular formula is C25H25FN7O5S2+. The Morgan fingerprint density at radius 2 is 1.90 bits per heavy atom. The number of H-pyrrole nitrogens is 1. The first-order chi connectivity index (χ1) is 19.3. The fourth-order valence-corrected chi connectivity index (χ4v) is 6.10. The van der Waals surface area contributed by atoms with Crippen molar-refractivity contribution in [3.8, 4) is 5.75 Å². The number of anilines is 3. The van der Waals surface area contributed by atoms with Gasteiger partial charge in [0.05, 0.1) is 35.0 Å². The maximum absolute atomic E-state index is 15.3. The van der Waals surface area contributed by atoms with Gasteiger partial charge < -0.3 is 19.7 Å². The minimum Gasteiger partial charge on any atom is -0.490 e. The SMILES string of the molecule is COc1c(Nc2cc(C)[nH]n2)nc(Sc2ccc(S(=O)(=O)c3cccc([NH+]=O)c3)cc2F)nc1N1CCOCC1. The molecule has 1 aliphatic rings. The van der Waals surface area contributed by atoms with Crippen LogP contribution in [0.15, 0.2) is 68.4 Å². The molecule has 208 valence electrons. The molecule has 0 unspecified atom stereocenters. The Bertz CT molecular complexity index is 1660. The quantitative estimate of drug-likeness (QED) is 0.248. The lowest BCUT2D eigenvalue weighted by molar-refractivity contribution is -0.379. The highest BCUT2D eigenvalue weighted by Crippen LogP contribution is 2.39. The van der Waals surface area contributed by atoms with Crippen LogP contribution in [0.3, 0.4) is 0 Å². The summed E-state index contributed by atoms with van der Waals surface area (Å²) in [4.78, 5) is 21.9. The van der Waals surface area contributed by atoms with Crippen molar-refractivity contribution in [1.82, 2.24) is 20.2 Å². The number of nitrogens with one attached hydrogen (secondary N) is 3. The number of halogens is 1. The summed E-state index contributed by atoms with van der Waals surface area (Å²) in [6, 6.07) is 10.8. The molecule has 0 spiro atoms. The summed E-state index contributed by atoms with van der Waals surface area (Å²) in [7, 11) is -2.56. The molecule has 0 amide bonds. The average molecular weight is 587 g/mol. The Labute approximate surface area is 233 Å². The first-order valence-corrected chi connectivity index (χ1v) is 14.4. The minimum absolute atomic E-state index is 0.0795. The van der Waals surface area contributed by atoms with Crippen molar-refractivity contribution in [2.45, 2.75) is 26.8 Å². The number of hydrogen-bond donors (Lipinski definition) is 3. The number of nitrogens with zero attached hydrogens (tertiary/aromatic N) is 4. The van der Waals surface area contributed by atoms with Gasteiger partial charge in [0.25, 0.3) is 5.69 Å². The van der Waals surface area contributed by atoms with Crippen molar-refractivity contribution >= 4 is 44.7 Å². The number of aromatic amines is 1. The molecule has 15 heteroatoms. The van der Waals surface area contributed by atoms with Crippen molar-refractivity contribution < 1.29 is 27.5 Å². The molecule has 0 aliphatic carbocycles. The molecule has 0 saturated carbocycles. The van der Waals surface area contributed by atoms with Crippen LogP contribution in [0.4, 0.5) is 27.5 Å². The Kier molecular flexibility index (Phi) is 7.95. The van der Waals surface area contributed by atoms with E-state index in [2.05, 4.69) is 25.5 Å². The summed E-state index contributed by atoms with van der Waals surface area (Å²) < 4.78 is 52.6. The topological polar surface area (TPSA) is 153 Å². The van der Waals surface area contributed by atoms with Crippen molar-refractivity contribution in [3.63, 3.8) is 0 Å². The van der Waals surface area contributed by atoms with E-state index in [0.29, 0.717) is 49.5 Å². The fourth-order valence-electron chi connectivity index (χ4n) is 4.02. The molecule has 3 heterocycles. The minimum atomic E-state index is -4.07. The van der Waals surface area contributed by atoms with Crippen LogP contribution in [0.2, 0.25) is 0 Å². The first-order valence-electron chi connectivity index (χ1n) is 12.1. The lowest BCUT2D eigenvalue weighted by atomic mass is 10.3. The van der Waals surface area contributed by atoms with Crippen LogP contribution < -0.4 is 20.1 Å². The maximum Gasteiger partial charge on any atom is 0.254 e. The lowest BCUT2D eigenvalue weighted by Crippen LogP contribution is -2.55. The number of methoxy groups -OCH3 is 1. The molecular weight excluding hydrogens is 561 g/mol. The molecule has 2 aromatic carbocycles. The number of aromatic nitrogens is 4. The standard InChI is InChI=1S/C25H24FN7O5S2/c1-15-12-21(31-30-15)27-23-22(37-2)24(33-8-10-38-11-9-33)29-25(28-23)39-20-7-6-18(14-19(20)26)40(35,36)17-5-3-4-16(13-17)32-34/h3-7,12-14H,8-11H2,1-2H3,(H2,27,28,29,30,31)/p+1. The predicted molar refractivity (Wildman–Crippen MR) is 145 cm³/mol. The third-order valence-corrected chi connectivity index (χ3v) is 8.64. The van der Waals surface area contributed by atoms with Gasteiger partial charge in [-0.1, -0.05) is 6.07 Å². The summed E-state index contributed by atoms with van der Waals surface area (Å²) in [5, 5.41) is 12.0. The summed E-state index contributed by atoms with van der Waals surface area (Å²) in [6.45, 7) is 4.02. The molecule has 5 rings (SSSR count). The second kappa shape index (κ2) is 11.6. The molecule has 3 N–H and O–H groups in total. The zero-order valence-corrected chi connectivity index (χ0v) is 23.1. The van der Waals surface area contributed by atoms with Crippen molar-refractivity contribution in [2.24, 2.45) is 0 Å².